The zero-order valence-electron chi connectivity index (χ0n) is 8.52. The van der Waals surface area contributed by atoms with Gasteiger partial charge in [0.25, 0.3) is 5.91 Å². The average Bonchev–Trinajstić information content (AvgIpc) is 2.86. The summed E-state index contributed by atoms with van der Waals surface area (Å²) in [4.78, 5) is 11.7. The third-order valence-corrected chi connectivity index (χ3v) is 2.89. The highest BCUT2D eigenvalue weighted by Crippen LogP contribution is 2.17. The van der Waals surface area contributed by atoms with Gasteiger partial charge in [0, 0.05) is 0 Å². The van der Waals surface area contributed by atoms with E-state index in [2.05, 4.69) is 25.7 Å². The lowest BCUT2D eigenvalue weighted by molar-refractivity contribution is 0.102. The van der Waals surface area contributed by atoms with Crippen LogP contribution in [0.2, 0.25) is 0 Å². The third-order valence-electron chi connectivity index (χ3n) is 1.90. The summed E-state index contributed by atoms with van der Waals surface area (Å²) in [6.07, 6.45) is 2.16. The van der Waals surface area contributed by atoms with E-state index in [1.54, 1.807) is 0 Å². The van der Waals surface area contributed by atoms with Gasteiger partial charge in [-0.3, -0.25) is 15.2 Å². The molecule has 0 radical (unpaired) electrons. The minimum atomic E-state index is -0.343. The number of aryl methyl sites for hydroxylation is 1. The van der Waals surface area contributed by atoms with Crippen molar-refractivity contribution < 1.29 is 4.79 Å². The average molecular weight is 238 g/mol. The molecule has 84 valence electrons. The van der Waals surface area contributed by atoms with Crippen molar-refractivity contribution in [2.75, 3.05) is 11.1 Å². The van der Waals surface area contributed by atoms with Gasteiger partial charge < -0.3 is 5.73 Å². The molecule has 8 heteroatoms. The van der Waals surface area contributed by atoms with Crippen LogP contribution in [0.15, 0.2) is 6.20 Å². The molecule has 0 aliphatic carbocycles. The summed E-state index contributed by atoms with van der Waals surface area (Å²) in [6.45, 7) is 1.97. The topological polar surface area (TPSA) is 110 Å². The fourth-order valence-electron chi connectivity index (χ4n) is 1.09. The molecule has 4 N–H and O–H groups in total. The third kappa shape index (κ3) is 2.01. The number of nitrogens with two attached hydrogens (primary N) is 1. The largest absolute Gasteiger partial charge is 0.383 e. The summed E-state index contributed by atoms with van der Waals surface area (Å²) < 4.78 is 0. The van der Waals surface area contributed by atoms with Gasteiger partial charge in [-0.15, -0.1) is 10.2 Å². The number of hydrogen-bond acceptors (Lipinski definition) is 6. The zero-order chi connectivity index (χ0) is 11.5. The Morgan fingerprint density at radius 2 is 2.44 bits per heavy atom. The van der Waals surface area contributed by atoms with E-state index < -0.39 is 0 Å². The molecular formula is C8H10N6OS. The Hall–Kier alpha value is -1.96. The van der Waals surface area contributed by atoms with Gasteiger partial charge >= 0.3 is 0 Å². The molecule has 16 heavy (non-hydrogen) atoms. The first-order valence-electron chi connectivity index (χ1n) is 4.63. The Morgan fingerprint density at radius 3 is 3.00 bits per heavy atom. The number of anilines is 2. The minimum absolute atomic E-state index is 0.234. The van der Waals surface area contributed by atoms with Crippen LogP contribution in [0.25, 0.3) is 0 Å². The van der Waals surface area contributed by atoms with Gasteiger partial charge in [-0.25, -0.2) is 0 Å². The van der Waals surface area contributed by atoms with Crippen molar-refractivity contribution in [2.24, 2.45) is 0 Å². The lowest BCUT2D eigenvalue weighted by Gasteiger charge is -1.97. The molecule has 0 aromatic carbocycles. The molecule has 0 unspecified atom stereocenters. The summed E-state index contributed by atoms with van der Waals surface area (Å²) in [5.41, 5.74) is 5.81. The van der Waals surface area contributed by atoms with Crippen molar-refractivity contribution in [3.05, 3.63) is 16.8 Å². The number of nitrogens with one attached hydrogen (secondary N) is 2. The highest BCUT2D eigenvalue weighted by molar-refractivity contribution is 7.15. The van der Waals surface area contributed by atoms with Gasteiger partial charge in [0.2, 0.25) is 5.13 Å². The number of carbonyl (C=O) groups excluding carboxylic acids is 1. The van der Waals surface area contributed by atoms with E-state index in [1.807, 2.05) is 6.92 Å². The molecule has 2 aromatic heterocycles. The van der Waals surface area contributed by atoms with Crippen molar-refractivity contribution in [3.8, 4) is 0 Å². The number of hydrogen-bond donors (Lipinski definition) is 3. The first-order chi connectivity index (χ1) is 7.70. The van der Waals surface area contributed by atoms with Crippen molar-refractivity contribution >= 4 is 28.2 Å². The fourth-order valence-corrected chi connectivity index (χ4v) is 1.76. The smallest absolute Gasteiger partial charge is 0.262 e. The van der Waals surface area contributed by atoms with Crippen LogP contribution in [0.3, 0.4) is 0 Å². The predicted molar refractivity (Wildman–Crippen MR) is 60.2 cm³/mol. The summed E-state index contributed by atoms with van der Waals surface area (Å²) in [7, 11) is 0. The lowest BCUT2D eigenvalue weighted by atomic mass is 10.3. The number of aromatic amines is 1. The summed E-state index contributed by atoms with van der Waals surface area (Å²) in [5.74, 6) is -0.109. The zero-order valence-corrected chi connectivity index (χ0v) is 9.34. The number of H-pyrrole nitrogens is 1. The van der Waals surface area contributed by atoms with Crippen LogP contribution in [0.4, 0.5) is 10.9 Å². The maximum absolute atomic E-state index is 11.7. The first-order valence-corrected chi connectivity index (χ1v) is 5.45. The Bertz CT molecular complexity index is 504. The Labute approximate surface area is 95.1 Å². The molecule has 2 aromatic rings. The molecule has 0 fully saturated rings. The van der Waals surface area contributed by atoms with Gasteiger partial charge in [0.05, 0.1) is 6.20 Å². The van der Waals surface area contributed by atoms with Crippen LogP contribution in [0, 0.1) is 0 Å². The van der Waals surface area contributed by atoms with Crippen molar-refractivity contribution in [1.82, 2.24) is 20.4 Å². The first kappa shape index (κ1) is 10.6. The quantitative estimate of drug-likeness (QED) is 0.727. The number of carbonyl (C=O) groups is 1. The second-order valence-corrected chi connectivity index (χ2v) is 4.07. The van der Waals surface area contributed by atoms with Crippen molar-refractivity contribution in [2.45, 2.75) is 13.3 Å². The molecule has 0 aliphatic heterocycles. The molecule has 2 rings (SSSR count). The van der Waals surface area contributed by atoms with Crippen molar-refractivity contribution in [3.63, 3.8) is 0 Å². The molecule has 0 aliphatic rings. The van der Waals surface area contributed by atoms with Crippen molar-refractivity contribution in [1.29, 1.82) is 0 Å². The molecule has 0 bridgehead atoms. The lowest BCUT2D eigenvalue weighted by Crippen LogP contribution is -2.12. The number of amides is 1. The van der Waals surface area contributed by atoms with Gasteiger partial charge in [-0.05, 0) is 6.42 Å². The number of nitrogens with zero attached hydrogens (tertiary/aromatic N) is 3. The normalized spacial score (nSPS) is 10.3. The van der Waals surface area contributed by atoms with Crippen LogP contribution in [-0.4, -0.2) is 26.3 Å². The predicted octanol–water partition coefficient (Wildman–Crippen LogP) is 0.658. The van der Waals surface area contributed by atoms with Crippen LogP contribution in [0.5, 0.6) is 0 Å². The number of aromatic nitrogens is 4. The van der Waals surface area contributed by atoms with Crippen LogP contribution in [-0.2, 0) is 6.42 Å². The standard InChI is InChI=1S/C8H10N6OS/c1-2-5-12-14-8(16-5)11-7(15)4-3-10-13-6(4)9/h3H,2H2,1H3,(H3,9,10,13)(H,11,14,15). The molecular weight excluding hydrogens is 228 g/mol. The molecule has 0 saturated carbocycles. The van der Waals surface area contributed by atoms with E-state index in [0.29, 0.717) is 10.7 Å². The van der Waals surface area contributed by atoms with E-state index >= 15 is 0 Å². The SMILES string of the molecule is CCc1nnc(NC(=O)c2cn[nH]c2N)s1. The Kier molecular flexibility index (Phi) is 2.82. The van der Waals surface area contributed by atoms with Gasteiger partial charge in [0.15, 0.2) is 0 Å². The second kappa shape index (κ2) is 4.27. The highest BCUT2D eigenvalue weighted by Gasteiger charge is 2.13. The van der Waals surface area contributed by atoms with Gasteiger partial charge in [0.1, 0.15) is 16.4 Å². The number of rotatable bonds is 3. The van der Waals surface area contributed by atoms with Gasteiger partial charge in [-0.1, -0.05) is 18.3 Å². The van der Waals surface area contributed by atoms with Crippen LogP contribution in [0.1, 0.15) is 22.3 Å². The number of nitrogen functional groups attached to an aromatic ring is 1. The molecule has 0 spiro atoms. The van der Waals surface area contributed by atoms with Crippen LogP contribution >= 0.6 is 11.3 Å². The molecule has 2 heterocycles. The monoisotopic (exact) mass is 238 g/mol. The Morgan fingerprint density at radius 1 is 1.62 bits per heavy atom. The molecule has 0 atom stereocenters. The molecule has 0 saturated heterocycles. The van der Waals surface area contributed by atoms with E-state index in [0.717, 1.165) is 11.4 Å². The summed E-state index contributed by atoms with van der Waals surface area (Å²) in [6, 6.07) is 0. The Balaban J connectivity index is 2.11. The second-order valence-electron chi connectivity index (χ2n) is 3.01. The highest BCUT2D eigenvalue weighted by atomic mass is 32.1. The minimum Gasteiger partial charge on any atom is -0.383 e. The van der Waals surface area contributed by atoms with E-state index in [1.165, 1.54) is 17.5 Å². The van der Waals surface area contributed by atoms with Crippen LogP contribution < -0.4 is 11.1 Å². The fraction of sp³-hybridized carbons (Fsp3) is 0.250. The van der Waals surface area contributed by atoms with E-state index in [-0.39, 0.29) is 11.7 Å². The summed E-state index contributed by atoms with van der Waals surface area (Å²) in [5, 5.41) is 17.8. The molecule has 7 nitrogen and oxygen atoms in total. The van der Waals surface area contributed by atoms with Gasteiger partial charge in [-0.2, -0.15) is 5.10 Å². The maximum atomic E-state index is 11.7. The molecule has 1 amide bonds. The maximum Gasteiger partial charge on any atom is 0.262 e. The summed E-state index contributed by atoms with van der Waals surface area (Å²) >= 11 is 1.34. The van der Waals surface area contributed by atoms with E-state index in [4.69, 9.17) is 5.73 Å². The van der Waals surface area contributed by atoms with E-state index in [9.17, 15) is 4.79 Å².